The van der Waals surface area contributed by atoms with Crippen molar-refractivity contribution >= 4 is 27.3 Å². The summed E-state index contributed by atoms with van der Waals surface area (Å²) in [5.74, 6) is -1.21. The Balaban J connectivity index is 1.73. The fourth-order valence-electron chi connectivity index (χ4n) is 3.26. The van der Waals surface area contributed by atoms with Crippen LogP contribution in [0.15, 0.2) is 34.0 Å². The largest absolute Gasteiger partial charge is 0.337 e. The zero-order chi connectivity index (χ0) is 21.0. The number of nitrogens with zero attached hydrogens (tertiary/aromatic N) is 3. The predicted octanol–water partition coefficient (Wildman–Crippen LogP) is 2.32. The van der Waals surface area contributed by atoms with Crippen molar-refractivity contribution < 1.29 is 17.6 Å². The average Bonchev–Trinajstić information content (AvgIpc) is 3.04. The molecule has 7 nitrogen and oxygen atoms in total. The molecule has 1 aliphatic heterocycles. The fourth-order valence-corrected chi connectivity index (χ4v) is 5.09. The second-order valence-electron chi connectivity index (χ2n) is 7.32. The van der Waals surface area contributed by atoms with Gasteiger partial charge in [0.25, 0.3) is 5.91 Å². The van der Waals surface area contributed by atoms with Crippen LogP contribution in [0.2, 0.25) is 0 Å². The smallest absolute Gasteiger partial charge is 0.256 e. The predicted molar refractivity (Wildman–Crippen MR) is 110 cm³/mol. The molecular weight excluding hydrogens is 415 g/mol. The van der Waals surface area contributed by atoms with Crippen LogP contribution in [0, 0.1) is 5.82 Å². The monoisotopic (exact) mass is 440 g/mol. The van der Waals surface area contributed by atoms with Crippen molar-refractivity contribution in [2.75, 3.05) is 26.2 Å². The van der Waals surface area contributed by atoms with Gasteiger partial charge in [-0.25, -0.2) is 22.5 Å². The van der Waals surface area contributed by atoms with Crippen molar-refractivity contribution in [3.8, 4) is 0 Å². The Morgan fingerprint density at radius 1 is 1.28 bits per heavy atom. The Hall–Kier alpha value is -1.88. The summed E-state index contributed by atoms with van der Waals surface area (Å²) >= 11 is 1.55. The first-order chi connectivity index (χ1) is 13.8. The third-order valence-corrected chi connectivity index (χ3v) is 6.91. The Labute approximate surface area is 174 Å². The van der Waals surface area contributed by atoms with Crippen LogP contribution in [0.1, 0.15) is 36.3 Å². The summed E-state index contributed by atoms with van der Waals surface area (Å²) in [7, 11) is -3.81. The molecule has 29 heavy (non-hydrogen) atoms. The molecule has 1 amide bonds. The second kappa shape index (κ2) is 9.29. The molecule has 1 aromatic carbocycles. The van der Waals surface area contributed by atoms with Crippen LogP contribution < -0.4 is 4.72 Å². The van der Waals surface area contributed by atoms with Gasteiger partial charge in [0.15, 0.2) is 0 Å². The number of halogens is 1. The molecule has 10 heteroatoms. The summed E-state index contributed by atoms with van der Waals surface area (Å²) in [5, 5.41) is 2.00. The molecule has 0 unspecified atom stereocenters. The zero-order valence-corrected chi connectivity index (χ0v) is 18.1. The molecule has 0 aliphatic carbocycles. The third-order valence-electron chi connectivity index (χ3n) is 4.61. The molecule has 1 aliphatic rings. The van der Waals surface area contributed by atoms with Crippen molar-refractivity contribution in [3.05, 3.63) is 46.2 Å². The molecule has 1 aromatic heterocycles. The van der Waals surface area contributed by atoms with Gasteiger partial charge in [-0.1, -0.05) is 0 Å². The van der Waals surface area contributed by atoms with Crippen LogP contribution in [0.4, 0.5) is 4.39 Å². The van der Waals surface area contributed by atoms with Crippen LogP contribution >= 0.6 is 11.3 Å². The van der Waals surface area contributed by atoms with Crippen LogP contribution in [0.3, 0.4) is 0 Å². The number of benzene rings is 1. The van der Waals surface area contributed by atoms with E-state index in [4.69, 9.17) is 0 Å². The summed E-state index contributed by atoms with van der Waals surface area (Å²) < 4.78 is 41.6. The van der Waals surface area contributed by atoms with Crippen molar-refractivity contribution in [1.29, 1.82) is 0 Å². The number of nitrogens with one attached hydrogen (secondary N) is 1. The van der Waals surface area contributed by atoms with Gasteiger partial charge in [0.05, 0.1) is 21.7 Å². The number of carbonyl (C=O) groups excluding carboxylic acids is 1. The van der Waals surface area contributed by atoms with Crippen molar-refractivity contribution in [2.45, 2.75) is 37.8 Å². The lowest BCUT2D eigenvalue weighted by Gasteiger charge is -2.22. The molecule has 1 saturated heterocycles. The lowest BCUT2D eigenvalue weighted by atomic mass is 10.2. The topological polar surface area (TPSA) is 82.6 Å². The lowest BCUT2D eigenvalue weighted by Crippen LogP contribution is -2.36. The van der Waals surface area contributed by atoms with E-state index in [9.17, 15) is 17.6 Å². The van der Waals surface area contributed by atoms with E-state index in [1.165, 1.54) is 6.07 Å². The normalized spacial score (nSPS) is 16.2. The van der Waals surface area contributed by atoms with Crippen molar-refractivity contribution in [3.63, 3.8) is 0 Å². The maximum absolute atomic E-state index is 14.4. The third kappa shape index (κ3) is 5.59. The zero-order valence-electron chi connectivity index (χ0n) is 16.5. The fraction of sp³-hybridized carbons (Fsp3) is 0.474. The first-order valence-electron chi connectivity index (χ1n) is 9.47. The average molecular weight is 441 g/mol. The Kier molecular flexibility index (Phi) is 6.99. The minimum atomic E-state index is -3.81. The highest BCUT2D eigenvalue weighted by Crippen LogP contribution is 2.19. The number of sulfonamides is 1. The molecule has 158 valence electrons. The number of hydrogen-bond donors (Lipinski definition) is 1. The van der Waals surface area contributed by atoms with Gasteiger partial charge in [-0.15, -0.1) is 11.3 Å². The van der Waals surface area contributed by atoms with E-state index in [1.54, 1.807) is 35.6 Å². The van der Waals surface area contributed by atoms with Gasteiger partial charge in [0, 0.05) is 44.1 Å². The number of amides is 1. The first-order valence-corrected chi connectivity index (χ1v) is 11.9. The summed E-state index contributed by atoms with van der Waals surface area (Å²) in [6.45, 7) is 6.52. The van der Waals surface area contributed by atoms with Gasteiger partial charge in [-0.3, -0.25) is 9.69 Å². The number of thiazole rings is 1. The SMILES string of the molecule is CC(C)NS(=O)(=O)c1ccc(F)c(C(=O)N2CCCN(Cc3cscn3)CC2)c1. The Morgan fingerprint density at radius 2 is 2.07 bits per heavy atom. The van der Waals surface area contributed by atoms with Crippen LogP contribution in [0.5, 0.6) is 0 Å². The quantitative estimate of drug-likeness (QED) is 0.746. The van der Waals surface area contributed by atoms with Gasteiger partial charge in [-0.2, -0.15) is 0 Å². The van der Waals surface area contributed by atoms with Crippen LogP contribution in [-0.2, 0) is 16.6 Å². The minimum absolute atomic E-state index is 0.115. The molecule has 0 spiro atoms. The molecule has 1 fully saturated rings. The summed E-state index contributed by atoms with van der Waals surface area (Å²) in [5.41, 5.74) is 2.57. The van der Waals surface area contributed by atoms with Gasteiger partial charge in [0.2, 0.25) is 10.0 Å². The van der Waals surface area contributed by atoms with Gasteiger partial charge < -0.3 is 4.90 Å². The molecule has 2 aromatic rings. The molecule has 0 bridgehead atoms. The summed E-state index contributed by atoms with van der Waals surface area (Å²) in [4.78, 5) is 20.9. The highest BCUT2D eigenvalue weighted by molar-refractivity contribution is 7.89. The number of carbonyl (C=O) groups is 1. The molecule has 0 saturated carbocycles. The molecular formula is C19H25FN4O3S2. The maximum atomic E-state index is 14.4. The van der Waals surface area contributed by atoms with Crippen molar-refractivity contribution in [1.82, 2.24) is 19.5 Å². The second-order valence-corrected chi connectivity index (χ2v) is 9.75. The first kappa shape index (κ1) is 21.8. The maximum Gasteiger partial charge on any atom is 0.256 e. The standard InChI is InChI=1S/C19H25FN4O3S2/c1-14(2)22-29(26,27)16-4-5-18(20)17(10-16)19(25)24-7-3-6-23(8-9-24)11-15-12-28-13-21-15/h4-5,10,12-14,22H,3,6-9,11H2,1-2H3. The van der Waals surface area contributed by atoms with E-state index < -0.39 is 21.7 Å². The van der Waals surface area contributed by atoms with E-state index >= 15 is 0 Å². The highest BCUT2D eigenvalue weighted by atomic mass is 32.2. The van der Waals surface area contributed by atoms with E-state index in [2.05, 4.69) is 14.6 Å². The van der Waals surface area contributed by atoms with E-state index in [-0.39, 0.29) is 16.5 Å². The summed E-state index contributed by atoms with van der Waals surface area (Å²) in [6.07, 6.45) is 0.754. The van der Waals surface area contributed by atoms with Gasteiger partial charge in [-0.05, 0) is 38.5 Å². The van der Waals surface area contributed by atoms with E-state index in [0.29, 0.717) is 26.2 Å². The molecule has 0 radical (unpaired) electrons. The molecule has 0 atom stereocenters. The van der Waals surface area contributed by atoms with Crippen LogP contribution in [-0.4, -0.2) is 61.3 Å². The van der Waals surface area contributed by atoms with Gasteiger partial charge >= 0.3 is 0 Å². The van der Waals surface area contributed by atoms with Gasteiger partial charge in [0.1, 0.15) is 5.82 Å². The molecule has 2 heterocycles. The minimum Gasteiger partial charge on any atom is -0.337 e. The number of rotatable bonds is 6. The molecule has 3 rings (SSSR count). The number of aromatic nitrogens is 1. The molecule has 1 N–H and O–H groups in total. The Bertz CT molecular complexity index is 948. The number of hydrogen-bond acceptors (Lipinski definition) is 6. The van der Waals surface area contributed by atoms with Crippen molar-refractivity contribution in [2.24, 2.45) is 0 Å². The van der Waals surface area contributed by atoms with E-state index in [0.717, 1.165) is 30.8 Å². The lowest BCUT2D eigenvalue weighted by molar-refractivity contribution is 0.0756. The van der Waals surface area contributed by atoms with Crippen LogP contribution in [0.25, 0.3) is 0 Å². The van der Waals surface area contributed by atoms with E-state index in [1.807, 2.05) is 5.38 Å². The summed E-state index contributed by atoms with van der Waals surface area (Å²) in [6, 6.07) is 3.03. The highest BCUT2D eigenvalue weighted by Gasteiger charge is 2.25. The Morgan fingerprint density at radius 3 is 2.76 bits per heavy atom.